The molecule has 1 saturated carbocycles. The standard InChI is InChI=1S/C25H27Cl2FN2O4/c26-17-7-16(8-18(27)9-17)22(12-24(29)31)30-5-3-14(4-6-30)13-34-23-11-21(28)20(25(32)33)10-19(23)15-1-2-15/h7-11,14-15,22H,1-6,12-13H2,(H2,29,31)(H,32,33). The Morgan fingerprint density at radius 2 is 1.74 bits per heavy atom. The van der Waals surface area contributed by atoms with Crippen LogP contribution in [0.5, 0.6) is 5.75 Å². The first kappa shape index (κ1) is 24.8. The summed E-state index contributed by atoms with van der Waals surface area (Å²) in [6.45, 7) is 1.89. The van der Waals surface area contributed by atoms with Crippen LogP contribution < -0.4 is 10.5 Å². The summed E-state index contributed by atoms with van der Waals surface area (Å²) in [5.41, 5.74) is 6.83. The summed E-state index contributed by atoms with van der Waals surface area (Å²) in [7, 11) is 0. The molecule has 1 atom stereocenters. The lowest BCUT2D eigenvalue weighted by molar-refractivity contribution is -0.119. The van der Waals surface area contributed by atoms with Crippen molar-refractivity contribution in [3.8, 4) is 5.75 Å². The molecule has 4 rings (SSSR count). The van der Waals surface area contributed by atoms with E-state index >= 15 is 0 Å². The number of amides is 1. The predicted molar refractivity (Wildman–Crippen MR) is 128 cm³/mol. The summed E-state index contributed by atoms with van der Waals surface area (Å²) >= 11 is 12.3. The predicted octanol–water partition coefficient (Wildman–Crippen LogP) is 5.42. The molecule has 34 heavy (non-hydrogen) atoms. The number of rotatable bonds is 9. The maximum Gasteiger partial charge on any atom is 0.338 e. The highest BCUT2D eigenvalue weighted by Crippen LogP contribution is 2.45. The van der Waals surface area contributed by atoms with Gasteiger partial charge >= 0.3 is 5.97 Å². The smallest absolute Gasteiger partial charge is 0.338 e. The van der Waals surface area contributed by atoms with Crippen molar-refractivity contribution in [3.05, 3.63) is 62.9 Å². The minimum Gasteiger partial charge on any atom is -0.493 e. The summed E-state index contributed by atoms with van der Waals surface area (Å²) < 4.78 is 20.3. The fourth-order valence-electron chi connectivity index (χ4n) is 4.63. The van der Waals surface area contributed by atoms with Crippen LogP contribution in [0.15, 0.2) is 30.3 Å². The molecular weight excluding hydrogens is 482 g/mol. The summed E-state index contributed by atoms with van der Waals surface area (Å²) in [6, 6.07) is 7.68. The van der Waals surface area contributed by atoms with Crippen molar-refractivity contribution in [1.82, 2.24) is 4.90 Å². The Morgan fingerprint density at radius 3 is 2.29 bits per heavy atom. The highest BCUT2D eigenvalue weighted by Gasteiger charge is 2.31. The average molecular weight is 509 g/mol. The van der Waals surface area contributed by atoms with Gasteiger partial charge in [-0.05, 0) is 86.0 Å². The van der Waals surface area contributed by atoms with E-state index in [1.165, 1.54) is 12.1 Å². The minimum absolute atomic E-state index is 0.164. The molecule has 2 aromatic rings. The molecule has 1 amide bonds. The number of nitrogens with two attached hydrogens (primary N) is 1. The van der Waals surface area contributed by atoms with E-state index in [9.17, 15) is 19.1 Å². The van der Waals surface area contributed by atoms with E-state index in [0.717, 1.165) is 49.9 Å². The number of aromatic carboxylic acids is 1. The second kappa shape index (κ2) is 10.5. The van der Waals surface area contributed by atoms with Gasteiger partial charge in [-0.1, -0.05) is 23.2 Å². The Labute approximate surface area is 207 Å². The second-order valence-electron chi connectivity index (χ2n) is 9.13. The van der Waals surface area contributed by atoms with E-state index in [4.69, 9.17) is 33.7 Å². The van der Waals surface area contributed by atoms with Crippen LogP contribution in [0.3, 0.4) is 0 Å². The molecule has 2 aromatic carbocycles. The van der Waals surface area contributed by atoms with Crippen LogP contribution in [-0.2, 0) is 4.79 Å². The highest BCUT2D eigenvalue weighted by atomic mass is 35.5. The van der Waals surface area contributed by atoms with Gasteiger partial charge in [0, 0.05) is 28.6 Å². The molecule has 1 saturated heterocycles. The average Bonchev–Trinajstić information content (AvgIpc) is 3.61. The van der Waals surface area contributed by atoms with Crippen molar-refractivity contribution in [2.24, 2.45) is 11.7 Å². The zero-order valence-electron chi connectivity index (χ0n) is 18.6. The number of carbonyl (C=O) groups excluding carboxylic acids is 1. The molecule has 182 valence electrons. The summed E-state index contributed by atoms with van der Waals surface area (Å²) in [6.07, 6.45) is 3.73. The minimum atomic E-state index is -1.27. The van der Waals surface area contributed by atoms with E-state index in [1.807, 2.05) is 12.1 Å². The normalized spacial score (nSPS) is 18.0. The summed E-state index contributed by atoms with van der Waals surface area (Å²) in [4.78, 5) is 25.3. The molecular formula is C25H27Cl2FN2O4. The maximum atomic E-state index is 14.3. The van der Waals surface area contributed by atoms with Crippen LogP contribution in [0, 0.1) is 11.7 Å². The molecule has 0 aromatic heterocycles. The summed E-state index contributed by atoms with van der Waals surface area (Å²) in [5.74, 6) is -1.53. The number of primary amides is 1. The van der Waals surface area contributed by atoms with Gasteiger partial charge in [0.05, 0.1) is 12.2 Å². The van der Waals surface area contributed by atoms with Crippen molar-refractivity contribution in [1.29, 1.82) is 0 Å². The third-order valence-corrected chi connectivity index (χ3v) is 7.01. The lowest BCUT2D eigenvalue weighted by Crippen LogP contribution is -2.39. The first-order chi connectivity index (χ1) is 16.2. The number of carboxylic acids is 1. The zero-order chi connectivity index (χ0) is 24.4. The molecule has 2 aliphatic rings. The monoisotopic (exact) mass is 508 g/mol. The Hall–Kier alpha value is -2.35. The quantitative estimate of drug-likeness (QED) is 0.471. The molecule has 1 aliphatic carbocycles. The third kappa shape index (κ3) is 6.01. The number of carboxylic acid groups (broad SMARTS) is 1. The molecule has 9 heteroatoms. The molecule has 0 radical (unpaired) electrons. The van der Waals surface area contributed by atoms with Crippen LogP contribution in [0.4, 0.5) is 4.39 Å². The fraction of sp³-hybridized carbons (Fsp3) is 0.440. The van der Waals surface area contributed by atoms with E-state index in [1.54, 1.807) is 6.07 Å². The van der Waals surface area contributed by atoms with Gasteiger partial charge in [-0.3, -0.25) is 9.69 Å². The van der Waals surface area contributed by atoms with Crippen molar-refractivity contribution < 1.29 is 23.8 Å². The first-order valence-corrected chi connectivity index (χ1v) is 12.1. The number of benzene rings is 2. The largest absolute Gasteiger partial charge is 0.493 e. The van der Waals surface area contributed by atoms with Gasteiger partial charge < -0.3 is 15.6 Å². The number of hydrogen-bond acceptors (Lipinski definition) is 4. The molecule has 1 heterocycles. The topological polar surface area (TPSA) is 92.9 Å². The van der Waals surface area contributed by atoms with Crippen molar-refractivity contribution >= 4 is 35.1 Å². The van der Waals surface area contributed by atoms with Crippen molar-refractivity contribution in [2.45, 2.75) is 44.1 Å². The van der Waals surface area contributed by atoms with Crippen LogP contribution >= 0.6 is 23.2 Å². The number of carbonyl (C=O) groups is 2. The molecule has 0 bridgehead atoms. The summed E-state index contributed by atoms with van der Waals surface area (Å²) in [5, 5.41) is 10.2. The Balaban J connectivity index is 1.40. The van der Waals surface area contributed by atoms with E-state index in [2.05, 4.69) is 4.90 Å². The fourth-order valence-corrected chi connectivity index (χ4v) is 5.17. The first-order valence-electron chi connectivity index (χ1n) is 11.4. The van der Waals surface area contributed by atoms with Crippen LogP contribution in [0.25, 0.3) is 0 Å². The molecule has 1 aliphatic heterocycles. The Morgan fingerprint density at radius 1 is 1.09 bits per heavy atom. The van der Waals surface area contributed by atoms with E-state index < -0.39 is 17.7 Å². The maximum absolute atomic E-state index is 14.3. The number of ether oxygens (including phenoxy) is 1. The highest BCUT2D eigenvalue weighted by molar-refractivity contribution is 6.34. The number of piperidine rings is 1. The van der Waals surface area contributed by atoms with Gasteiger partial charge in [0.25, 0.3) is 0 Å². The van der Waals surface area contributed by atoms with E-state index in [0.29, 0.717) is 22.4 Å². The number of likely N-dealkylation sites (tertiary alicyclic amines) is 1. The van der Waals surface area contributed by atoms with Crippen LogP contribution in [0.1, 0.15) is 65.5 Å². The van der Waals surface area contributed by atoms with Gasteiger partial charge in [0.2, 0.25) is 5.91 Å². The SMILES string of the molecule is NC(=O)CC(c1cc(Cl)cc(Cl)c1)N1CCC(COc2cc(F)c(C(=O)O)cc2C2CC2)CC1. The molecule has 0 spiro atoms. The van der Waals surface area contributed by atoms with Gasteiger partial charge in [0.15, 0.2) is 0 Å². The zero-order valence-corrected chi connectivity index (χ0v) is 20.1. The number of nitrogens with zero attached hydrogens (tertiary/aromatic N) is 1. The van der Waals surface area contributed by atoms with Gasteiger partial charge in [0.1, 0.15) is 11.6 Å². The van der Waals surface area contributed by atoms with Gasteiger partial charge in [-0.2, -0.15) is 0 Å². The second-order valence-corrected chi connectivity index (χ2v) is 10.0. The van der Waals surface area contributed by atoms with Gasteiger partial charge in [-0.25, -0.2) is 9.18 Å². The Bertz CT molecular complexity index is 1060. The lowest BCUT2D eigenvalue weighted by atomic mass is 9.93. The van der Waals surface area contributed by atoms with E-state index in [-0.39, 0.29) is 29.9 Å². The number of hydrogen-bond donors (Lipinski definition) is 2. The molecule has 6 nitrogen and oxygen atoms in total. The van der Waals surface area contributed by atoms with Gasteiger partial charge in [-0.15, -0.1) is 0 Å². The van der Waals surface area contributed by atoms with Crippen molar-refractivity contribution in [2.75, 3.05) is 19.7 Å². The Kier molecular flexibility index (Phi) is 7.65. The lowest BCUT2D eigenvalue weighted by Gasteiger charge is -2.37. The molecule has 2 fully saturated rings. The third-order valence-electron chi connectivity index (χ3n) is 6.58. The molecule has 1 unspecified atom stereocenters. The van der Waals surface area contributed by atoms with Crippen LogP contribution in [0.2, 0.25) is 10.0 Å². The van der Waals surface area contributed by atoms with Crippen LogP contribution in [-0.4, -0.2) is 41.6 Å². The van der Waals surface area contributed by atoms with Crippen molar-refractivity contribution in [3.63, 3.8) is 0 Å². The molecule has 3 N–H and O–H groups in total. The number of halogens is 3.